The minimum absolute atomic E-state index is 0.237. The Balaban J connectivity index is 1.68. The lowest BCUT2D eigenvalue weighted by Crippen LogP contribution is -2.24. The highest BCUT2D eigenvalue weighted by molar-refractivity contribution is 7.15. The van der Waals surface area contributed by atoms with Gasteiger partial charge in [0.05, 0.1) is 34.8 Å². The van der Waals surface area contributed by atoms with Gasteiger partial charge in [0.15, 0.2) is 0 Å². The van der Waals surface area contributed by atoms with Crippen molar-refractivity contribution in [3.8, 4) is 22.1 Å². The third kappa shape index (κ3) is 4.75. The number of ether oxygens (including phenoxy) is 1. The zero-order valence-corrected chi connectivity index (χ0v) is 18.2. The Morgan fingerprint density at radius 1 is 1.00 bits per heavy atom. The molecule has 0 unspecified atom stereocenters. The molecule has 3 aromatic heterocycles. The molecule has 0 aliphatic heterocycles. The van der Waals surface area contributed by atoms with Gasteiger partial charge in [-0.1, -0.05) is 6.07 Å². The van der Waals surface area contributed by atoms with Gasteiger partial charge in [0.2, 0.25) is 0 Å². The van der Waals surface area contributed by atoms with E-state index >= 15 is 0 Å². The highest BCUT2D eigenvalue weighted by Crippen LogP contribution is 2.38. The van der Waals surface area contributed by atoms with Crippen LogP contribution in [0.4, 0.5) is 0 Å². The number of carbonyl (C=O) groups is 1. The van der Waals surface area contributed by atoms with Crippen molar-refractivity contribution in [3.05, 3.63) is 82.4 Å². The van der Waals surface area contributed by atoms with Crippen molar-refractivity contribution < 1.29 is 9.53 Å². The van der Waals surface area contributed by atoms with Gasteiger partial charge in [-0.15, -0.1) is 11.3 Å². The van der Waals surface area contributed by atoms with Gasteiger partial charge < -0.3 is 10.1 Å². The quantitative estimate of drug-likeness (QED) is 0.478. The van der Waals surface area contributed by atoms with Crippen LogP contribution < -0.4 is 10.1 Å². The second-order valence-electron chi connectivity index (χ2n) is 6.99. The molecule has 0 atom stereocenters. The van der Waals surface area contributed by atoms with Gasteiger partial charge in [0.25, 0.3) is 5.91 Å². The normalized spacial score (nSPS) is 10.7. The number of thiazole rings is 1. The van der Waals surface area contributed by atoms with Crippen molar-refractivity contribution in [3.63, 3.8) is 0 Å². The predicted molar refractivity (Wildman–Crippen MR) is 119 cm³/mol. The third-order valence-corrected chi connectivity index (χ3v) is 5.50. The number of hydrogen-bond donors (Lipinski definition) is 1. The van der Waals surface area contributed by atoms with Crippen LogP contribution in [0.5, 0.6) is 11.5 Å². The second kappa shape index (κ2) is 9.01. The molecule has 1 aromatic carbocycles. The van der Waals surface area contributed by atoms with Crippen LogP contribution in [0.2, 0.25) is 0 Å². The van der Waals surface area contributed by atoms with Crippen LogP contribution >= 0.6 is 11.3 Å². The lowest BCUT2D eigenvalue weighted by molar-refractivity contribution is 0.0950. The monoisotopic (exact) mass is 431 g/mol. The fraction of sp³-hybridized carbons (Fsp3) is 0.174. The molecule has 1 amide bonds. The Morgan fingerprint density at radius 2 is 1.84 bits per heavy atom. The predicted octanol–water partition coefficient (Wildman–Crippen LogP) is 4.64. The van der Waals surface area contributed by atoms with E-state index in [9.17, 15) is 4.79 Å². The Morgan fingerprint density at radius 3 is 2.55 bits per heavy atom. The summed E-state index contributed by atoms with van der Waals surface area (Å²) in [4.78, 5) is 22.9. The molecule has 0 radical (unpaired) electrons. The minimum Gasteiger partial charge on any atom is -0.455 e. The van der Waals surface area contributed by atoms with E-state index in [0.717, 1.165) is 21.3 Å². The number of benzene rings is 1. The molecule has 31 heavy (non-hydrogen) atoms. The maximum atomic E-state index is 13.1. The van der Waals surface area contributed by atoms with Crippen LogP contribution in [0.1, 0.15) is 32.3 Å². The van der Waals surface area contributed by atoms with Crippen LogP contribution in [0.15, 0.2) is 54.9 Å². The van der Waals surface area contributed by atoms with Gasteiger partial charge in [-0.05, 0) is 57.2 Å². The van der Waals surface area contributed by atoms with E-state index in [1.165, 1.54) is 11.3 Å². The summed E-state index contributed by atoms with van der Waals surface area (Å²) in [5.41, 5.74) is 3.40. The molecule has 4 aromatic rings. The molecule has 156 valence electrons. The summed E-state index contributed by atoms with van der Waals surface area (Å²) in [5.74, 6) is 0.941. The standard InChI is InChI=1S/C23H21N5O2S/c1-14-9-10-17(28-27-14)13-25-22(29)18-6-4-7-20(21(18)23-26-12-15(2)31-23)30-19-8-5-11-24-16(19)3/h4-12H,13H2,1-3H3,(H,25,29). The summed E-state index contributed by atoms with van der Waals surface area (Å²) in [6.45, 7) is 6.00. The first-order chi connectivity index (χ1) is 15.0. The fourth-order valence-corrected chi connectivity index (χ4v) is 3.81. The molecule has 0 fully saturated rings. The summed E-state index contributed by atoms with van der Waals surface area (Å²) in [6.07, 6.45) is 3.50. The Labute approximate surface area is 184 Å². The van der Waals surface area contributed by atoms with E-state index in [1.54, 1.807) is 24.5 Å². The number of aromatic nitrogens is 4. The molecule has 4 rings (SSSR count). The molecule has 0 aliphatic rings. The van der Waals surface area contributed by atoms with Crippen LogP contribution in [0.25, 0.3) is 10.6 Å². The van der Waals surface area contributed by atoms with E-state index in [2.05, 4.69) is 25.5 Å². The number of amides is 1. The van der Waals surface area contributed by atoms with Crippen molar-refractivity contribution in [1.82, 2.24) is 25.5 Å². The number of nitrogens with one attached hydrogen (secondary N) is 1. The van der Waals surface area contributed by atoms with Gasteiger partial charge in [-0.25, -0.2) is 4.98 Å². The van der Waals surface area contributed by atoms with E-state index < -0.39 is 0 Å². The number of nitrogens with zero attached hydrogens (tertiary/aromatic N) is 4. The third-order valence-electron chi connectivity index (χ3n) is 4.57. The van der Waals surface area contributed by atoms with Crippen molar-refractivity contribution in [1.29, 1.82) is 0 Å². The topological polar surface area (TPSA) is 89.9 Å². The zero-order valence-electron chi connectivity index (χ0n) is 17.4. The van der Waals surface area contributed by atoms with Crippen molar-refractivity contribution in [2.24, 2.45) is 0 Å². The fourth-order valence-electron chi connectivity index (χ4n) is 2.98. The van der Waals surface area contributed by atoms with Crippen LogP contribution in [0.3, 0.4) is 0 Å². The van der Waals surface area contributed by atoms with Crippen LogP contribution in [-0.2, 0) is 6.54 Å². The second-order valence-corrected chi connectivity index (χ2v) is 8.23. The molecular formula is C23H21N5O2S. The highest BCUT2D eigenvalue weighted by atomic mass is 32.1. The largest absolute Gasteiger partial charge is 0.455 e. The van der Waals surface area contributed by atoms with E-state index in [0.29, 0.717) is 28.3 Å². The van der Waals surface area contributed by atoms with Gasteiger partial charge in [0, 0.05) is 17.3 Å². The SMILES string of the molecule is Cc1ccc(CNC(=O)c2cccc(Oc3cccnc3C)c2-c2ncc(C)s2)nn1. The zero-order chi connectivity index (χ0) is 21.8. The van der Waals surface area contributed by atoms with Gasteiger partial charge in [0.1, 0.15) is 16.5 Å². The summed E-state index contributed by atoms with van der Waals surface area (Å²) < 4.78 is 6.17. The van der Waals surface area contributed by atoms with Crippen molar-refractivity contribution in [2.75, 3.05) is 0 Å². The summed E-state index contributed by atoms with van der Waals surface area (Å²) in [6, 6.07) is 12.8. The summed E-state index contributed by atoms with van der Waals surface area (Å²) >= 11 is 1.51. The van der Waals surface area contributed by atoms with Crippen molar-refractivity contribution in [2.45, 2.75) is 27.3 Å². The van der Waals surface area contributed by atoms with Gasteiger partial charge >= 0.3 is 0 Å². The van der Waals surface area contributed by atoms with Crippen LogP contribution in [-0.4, -0.2) is 26.1 Å². The molecule has 7 nitrogen and oxygen atoms in total. The molecule has 3 heterocycles. The lowest BCUT2D eigenvalue weighted by Gasteiger charge is -2.15. The number of carbonyl (C=O) groups excluding carboxylic acids is 1. The number of pyridine rings is 1. The van der Waals surface area contributed by atoms with Crippen LogP contribution in [0, 0.1) is 20.8 Å². The average Bonchev–Trinajstić information content (AvgIpc) is 3.20. The molecule has 1 N–H and O–H groups in total. The average molecular weight is 432 g/mol. The van der Waals surface area contributed by atoms with E-state index in [1.807, 2.05) is 51.1 Å². The molecule has 0 spiro atoms. The maximum Gasteiger partial charge on any atom is 0.252 e. The first-order valence-electron chi connectivity index (χ1n) is 9.74. The van der Waals surface area contributed by atoms with Gasteiger partial charge in [-0.3, -0.25) is 9.78 Å². The first kappa shape index (κ1) is 20.6. The number of hydrogen-bond acceptors (Lipinski definition) is 7. The summed E-state index contributed by atoms with van der Waals surface area (Å²) in [5, 5.41) is 11.8. The Bertz CT molecular complexity index is 1220. The summed E-state index contributed by atoms with van der Waals surface area (Å²) in [7, 11) is 0. The van der Waals surface area contributed by atoms with Gasteiger partial charge in [-0.2, -0.15) is 10.2 Å². The Hall–Kier alpha value is -3.65. The van der Waals surface area contributed by atoms with E-state index in [-0.39, 0.29) is 12.5 Å². The first-order valence-corrected chi connectivity index (χ1v) is 10.6. The number of rotatable bonds is 6. The van der Waals surface area contributed by atoms with Crippen molar-refractivity contribution >= 4 is 17.2 Å². The minimum atomic E-state index is -0.237. The molecule has 8 heteroatoms. The molecular weight excluding hydrogens is 410 g/mol. The molecule has 0 saturated heterocycles. The molecule has 0 aliphatic carbocycles. The highest BCUT2D eigenvalue weighted by Gasteiger charge is 2.21. The smallest absolute Gasteiger partial charge is 0.252 e. The maximum absolute atomic E-state index is 13.1. The van der Waals surface area contributed by atoms with E-state index in [4.69, 9.17) is 4.74 Å². The lowest BCUT2D eigenvalue weighted by atomic mass is 10.1. The number of aryl methyl sites for hydroxylation is 3. The molecule has 0 saturated carbocycles. The molecule has 0 bridgehead atoms. The Kier molecular flexibility index (Phi) is 5.99.